The van der Waals surface area contributed by atoms with Crippen molar-refractivity contribution in [3.8, 4) is 5.69 Å². The lowest BCUT2D eigenvalue weighted by Gasteiger charge is -2.26. The highest BCUT2D eigenvalue weighted by Crippen LogP contribution is 2.52. The number of halogens is 1. The number of pyridine rings is 1. The standard InChI is InChI=1S/C35H46FN5O3/c1-21(2)38(7)33(42)26-13-25(36)8-9-30(26)41-17-24(32-22(3)14-37-15-31(32)41)12-23-10-11-39(16-23)18-27-28-19-40(20-29(27)28)34(43)44-35(4,5)6/h8-9,13-15,17,21,23,27-29H,10-12,16,18-20H2,1-7H3/t23-,27-,28+,29-/m0/s1. The maximum absolute atomic E-state index is 14.4. The quantitative estimate of drug-likeness (QED) is 0.335. The summed E-state index contributed by atoms with van der Waals surface area (Å²) in [7, 11) is 1.75. The summed E-state index contributed by atoms with van der Waals surface area (Å²) in [6, 6.07) is 4.46. The summed E-state index contributed by atoms with van der Waals surface area (Å²) in [5, 5.41) is 1.16. The second kappa shape index (κ2) is 11.5. The lowest BCUT2D eigenvalue weighted by molar-refractivity contribution is 0.0262. The summed E-state index contributed by atoms with van der Waals surface area (Å²) in [6.07, 6.45) is 7.78. The van der Waals surface area contributed by atoms with Gasteiger partial charge in [0.05, 0.1) is 23.0 Å². The SMILES string of the molecule is Cc1cncc2c1c(C[C@@H]1CCN(C[C@H]3[C@H]4CN(C(=O)OC(C)(C)C)C[C@@H]34)C1)cn2-c1ccc(F)cc1C(=O)N(C)C(C)C. The van der Waals surface area contributed by atoms with E-state index >= 15 is 0 Å². The van der Waals surface area contributed by atoms with E-state index in [9.17, 15) is 14.0 Å². The van der Waals surface area contributed by atoms with Gasteiger partial charge < -0.3 is 24.0 Å². The third-order valence-electron chi connectivity index (χ3n) is 9.90. The number of carbonyl (C=O) groups is 2. The number of ether oxygens (including phenoxy) is 1. The van der Waals surface area contributed by atoms with Gasteiger partial charge in [-0.2, -0.15) is 0 Å². The first-order valence-electron chi connectivity index (χ1n) is 16.0. The molecule has 236 valence electrons. The number of carbonyl (C=O) groups excluding carboxylic acids is 2. The van der Waals surface area contributed by atoms with Gasteiger partial charge in [-0.25, -0.2) is 9.18 Å². The fourth-order valence-electron chi connectivity index (χ4n) is 7.36. The van der Waals surface area contributed by atoms with Crippen molar-refractivity contribution >= 4 is 22.9 Å². The number of benzene rings is 1. The first kappa shape index (κ1) is 30.6. The normalized spacial score (nSPS) is 23.4. The molecule has 3 aromatic rings. The molecule has 2 aliphatic heterocycles. The van der Waals surface area contributed by atoms with Crippen LogP contribution < -0.4 is 0 Å². The molecule has 1 saturated carbocycles. The largest absolute Gasteiger partial charge is 0.444 e. The Hall–Kier alpha value is -3.46. The minimum atomic E-state index is -0.460. The zero-order valence-electron chi connectivity index (χ0n) is 27.1. The van der Waals surface area contributed by atoms with Crippen LogP contribution >= 0.6 is 0 Å². The summed E-state index contributed by atoms with van der Waals surface area (Å²) in [4.78, 5) is 36.5. The van der Waals surface area contributed by atoms with Crippen LogP contribution in [0.4, 0.5) is 9.18 Å². The number of hydrogen-bond acceptors (Lipinski definition) is 5. The second-order valence-corrected chi connectivity index (χ2v) is 14.5. The molecule has 1 aromatic carbocycles. The molecule has 4 heterocycles. The van der Waals surface area contributed by atoms with Gasteiger partial charge in [0.25, 0.3) is 5.91 Å². The van der Waals surface area contributed by atoms with Gasteiger partial charge in [-0.05, 0) is 114 Å². The van der Waals surface area contributed by atoms with Crippen LogP contribution in [0.25, 0.3) is 16.6 Å². The number of likely N-dealkylation sites (tertiary alicyclic amines) is 2. The van der Waals surface area contributed by atoms with Crippen molar-refractivity contribution in [3.63, 3.8) is 0 Å². The van der Waals surface area contributed by atoms with Gasteiger partial charge in [-0.1, -0.05) is 0 Å². The van der Waals surface area contributed by atoms with E-state index in [0.29, 0.717) is 34.9 Å². The Labute approximate surface area is 260 Å². The molecule has 8 nitrogen and oxygen atoms in total. The fourth-order valence-corrected chi connectivity index (χ4v) is 7.36. The minimum Gasteiger partial charge on any atom is -0.444 e. The molecule has 2 saturated heterocycles. The number of nitrogens with zero attached hydrogens (tertiary/aromatic N) is 5. The summed E-state index contributed by atoms with van der Waals surface area (Å²) >= 11 is 0. The van der Waals surface area contributed by atoms with Crippen LogP contribution in [0, 0.1) is 36.4 Å². The Morgan fingerprint density at radius 3 is 2.55 bits per heavy atom. The Bertz CT molecular complexity index is 1560. The van der Waals surface area contributed by atoms with E-state index in [4.69, 9.17) is 4.74 Å². The first-order chi connectivity index (χ1) is 20.8. The second-order valence-electron chi connectivity index (χ2n) is 14.5. The van der Waals surface area contributed by atoms with Gasteiger partial charge in [0, 0.05) is 57.0 Å². The molecule has 9 heteroatoms. The molecule has 3 fully saturated rings. The van der Waals surface area contributed by atoms with Gasteiger partial charge >= 0.3 is 6.09 Å². The zero-order chi connectivity index (χ0) is 31.5. The van der Waals surface area contributed by atoms with Crippen molar-refractivity contribution in [1.29, 1.82) is 0 Å². The van der Waals surface area contributed by atoms with Crippen LogP contribution in [-0.2, 0) is 11.2 Å². The predicted octanol–water partition coefficient (Wildman–Crippen LogP) is 5.93. The van der Waals surface area contributed by atoms with Crippen molar-refractivity contribution in [1.82, 2.24) is 24.3 Å². The van der Waals surface area contributed by atoms with E-state index in [1.54, 1.807) is 18.0 Å². The van der Waals surface area contributed by atoms with Crippen LogP contribution in [-0.4, -0.2) is 87.7 Å². The molecule has 0 N–H and O–H groups in total. The van der Waals surface area contributed by atoms with Crippen LogP contribution in [0.2, 0.25) is 0 Å². The molecule has 1 aliphatic carbocycles. The average molecular weight is 604 g/mol. The fraction of sp³-hybridized carbons (Fsp3) is 0.571. The molecule has 0 bridgehead atoms. The Kier molecular flexibility index (Phi) is 7.97. The van der Waals surface area contributed by atoms with E-state index < -0.39 is 11.4 Å². The molecule has 0 unspecified atom stereocenters. The van der Waals surface area contributed by atoms with Crippen molar-refractivity contribution in [2.45, 2.75) is 66.0 Å². The van der Waals surface area contributed by atoms with Gasteiger partial charge in [0.15, 0.2) is 0 Å². The van der Waals surface area contributed by atoms with Crippen LogP contribution in [0.5, 0.6) is 0 Å². The summed E-state index contributed by atoms with van der Waals surface area (Å²) in [5.41, 5.74) is 3.82. The number of rotatable bonds is 7. The van der Waals surface area contributed by atoms with E-state index in [-0.39, 0.29) is 18.0 Å². The lowest BCUT2D eigenvalue weighted by atomic mass is 9.97. The van der Waals surface area contributed by atoms with Crippen LogP contribution in [0.1, 0.15) is 62.5 Å². The van der Waals surface area contributed by atoms with Gasteiger partial charge in [0.1, 0.15) is 11.4 Å². The maximum Gasteiger partial charge on any atom is 0.410 e. The number of hydrogen-bond donors (Lipinski definition) is 0. The number of piperidine rings is 1. The molecule has 6 rings (SSSR count). The van der Waals surface area contributed by atoms with Gasteiger partial charge in [0.2, 0.25) is 0 Å². The Morgan fingerprint density at radius 2 is 1.86 bits per heavy atom. The number of fused-ring (bicyclic) bond motifs is 2. The topological polar surface area (TPSA) is 70.9 Å². The first-order valence-corrected chi connectivity index (χ1v) is 16.0. The van der Waals surface area contributed by atoms with Gasteiger partial charge in [-0.15, -0.1) is 0 Å². The molecule has 4 atom stereocenters. The van der Waals surface area contributed by atoms with Crippen LogP contribution in [0.3, 0.4) is 0 Å². The van der Waals surface area contributed by atoms with Crippen molar-refractivity contribution in [3.05, 3.63) is 59.3 Å². The van der Waals surface area contributed by atoms with Crippen molar-refractivity contribution in [2.75, 3.05) is 39.8 Å². The molecular formula is C35H46FN5O3. The molecule has 44 heavy (non-hydrogen) atoms. The van der Waals surface area contributed by atoms with Crippen molar-refractivity contribution in [2.24, 2.45) is 23.7 Å². The van der Waals surface area contributed by atoms with Gasteiger partial charge in [-0.3, -0.25) is 9.78 Å². The third-order valence-corrected chi connectivity index (χ3v) is 9.90. The molecule has 2 amide bonds. The molecule has 3 aliphatic rings. The van der Waals surface area contributed by atoms with Crippen molar-refractivity contribution < 1.29 is 18.7 Å². The molecular weight excluding hydrogens is 557 g/mol. The number of amides is 2. The number of aromatic nitrogens is 2. The van der Waals surface area contributed by atoms with E-state index in [0.717, 1.165) is 62.0 Å². The molecule has 2 aromatic heterocycles. The highest BCUT2D eigenvalue weighted by Gasteiger charge is 2.57. The van der Waals surface area contributed by atoms with E-state index in [2.05, 4.69) is 23.0 Å². The minimum absolute atomic E-state index is 0.0102. The Morgan fingerprint density at radius 1 is 1.14 bits per heavy atom. The van der Waals surface area contributed by atoms with Crippen LogP contribution in [0.15, 0.2) is 36.8 Å². The summed E-state index contributed by atoms with van der Waals surface area (Å²) < 4.78 is 22.0. The third kappa shape index (κ3) is 5.95. The lowest BCUT2D eigenvalue weighted by Crippen LogP contribution is -2.38. The predicted molar refractivity (Wildman–Crippen MR) is 170 cm³/mol. The summed E-state index contributed by atoms with van der Waals surface area (Å²) in [6.45, 7) is 16.6. The summed E-state index contributed by atoms with van der Waals surface area (Å²) in [5.74, 6) is 1.75. The number of aryl methyl sites for hydroxylation is 1. The smallest absolute Gasteiger partial charge is 0.410 e. The average Bonchev–Trinajstić information content (AvgIpc) is 3.37. The Balaban J connectivity index is 1.15. The zero-order valence-corrected chi connectivity index (χ0v) is 27.1. The monoisotopic (exact) mass is 603 g/mol. The molecule has 0 spiro atoms. The maximum atomic E-state index is 14.4. The highest BCUT2D eigenvalue weighted by atomic mass is 19.1. The van der Waals surface area contributed by atoms with E-state index in [1.807, 2.05) is 56.5 Å². The molecule has 0 radical (unpaired) electrons. The van der Waals surface area contributed by atoms with E-state index in [1.165, 1.54) is 17.7 Å². The highest BCUT2D eigenvalue weighted by molar-refractivity contribution is 5.99.